The topological polar surface area (TPSA) is 32.8 Å². The van der Waals surface area contributed by atoms with Gasteiger partial charge in [0.1, 0.15) is 0 Å². The maximum absolute atomic E-state index is 12.2. The molecule has 0 saturated carbocycles. The molecule has 2 aromatic rings. The lowest BCUT2D eigenvalue weighted by Gasteiger charge is -2.35. The quantitative estimate of drug-likeness (QED) is 0.823. The minimum absolute atomic E-state index is 0.223. The summed E-state index contributed by atoms with van der Waals surface area (Å²) in [6.45, 7) is 5.39. The lowest BCUT2D eigenvalue weighted by molar-refractivity contribution is 0.101. The van der Waals surface area contributed by atoms with Gasteiger partial charge in [-0.3, -0.25) is 0 Å². The molecule has 0 bridgehead atoms. The number of ether oxygens (including phenoxy) is 1. The van der Waals surface area contributed by atoms with Crippen LogP contribution >= 0.6 is 11.6 Å². The highest BCUT2D eigenvalue weighted by Gasteiger charge is 2.22. The van der Waals surface area contributed by atoms with Crippen molar-refractivity contribution in [2.45, 2.75) is 13.3 Å². The van der Waals surface area contributed by atoms with Crippen molar-refractivity contribution in [3.05, 3.63) is 64.7 Å². The summed E-state index contributed by atoms with van der Waals surface area (Å²) in [4.78, 5) is 16.3. The van der Waals surface area contributed by atoms with Gasteiger partial charge in [-0.1, -0.05) is 41.9 Å². The average Bonchev–Trinajstić information content (AvgIpc) is 2.63. The summed E-state index contributed by atoms with van der Waals surface area (Å²) < 4.78 is 5.45. The zero-order valence-electron chi connectivity index (χ0n) is 14.5. The van der Waals surface area contributed by atoms with Crippen LogP contribution in [0.25, 0.3) is 0 Å². The van der Waals surface area contributed by atoms with E-state index in [0.29, 0.717) is 19.7 Å². The van der Waals surface area contributed by atoms with Gasteiger partial charge < -0.3 is 14.5 Å². The molecule has 1 amide bonds. The van der Waals surface area contributed by atoms with Gasteiger partial charge in [-0.15, -0.1) is 0 Å². The molecule has 5 heteroatoms. The summed E-state index contributed by atoms with van der Waals surface area (Å²) in [5.74, 6) is 0. The van der Waals surface area contributed by atoms with E-state index in [1.165, 1.54) is 11.1 Å². The van der Waals surface area contributed by atoms with Gasteiger partial charge in [0, 0.05) is 43.3 Å². The van der Waals surface area contributed by atoms with Crippen LogP contribution in [0, 0.1) is 6.92 Å². The number of nitrogens with zero attached hydrogens (tertiary/aromatic N) is 2. The molecular weight excluding hydrogens is 336 g/mol. The molecular formula is C20H23ClN2O2. The molecule has 4 nitrogen and oxygen atoms in total. The predicted molar refractivity (Wildman–Crippen MR) is 101 cm³/mol. The van der Waals surface area contributed by atoms with Crippen LogP contribution in [0.4, 0.5) is 10.5 Å². The second kappa shape index (κ2) is 8.26. The van der Waals surface area contributed by atoms with Crippen molar-refractivity contribution >= 4 is 23.4 Å². The van der Waals surface area contributed by atoms with E-state index in [0.717, 1.165) is 30.2 Å². The lowest BCUT2D eigenvalue weighted by Crippen LogP contribution is -2.49. The molecule has 0 aliphatic carbocycles. The van der Waals surface area contributed by atoms with Crippen LogP contribution in [-0.2, 0) is 11.2 Å². The fraction of sp³-hybridized carbons (Fsp3) is 0.350. The molecule has 132 valence electrons. The van der Waals surface area contributed by atoms with Gasteiger partial charge in [-0.05, 0) is 36.2 Å². The Labute approximate surface area is 154 Å². The number of carbonyl (C=O) groups excluding carboxylic acids is 1. The van der Waals surface area contributed by atoms with Crippen LogP contribution < -0.4 is 4.90 Å². The lowest BCUT2D eigenvalue weighted by atomic mass is 10.1. The molecule has 0 unspecified atom stereocenters. The number of anilines is 1. The van der Waals surface area contributed by atoms with Crippen molar-refractivity contribution in [1.29, 1.82) is 0 Å². The number of carbonyl (C=O) groups is 1. The van der Waals surface area contributed by atoms with Gasteiger partial charge in [0.25, 0.3) is 0 Å². The number of hydrogen-bond acceptors (Lipinski definition) is 3. The maximum atomic E-state index is 12.2. The Balaban J connectivity index is 1.45. The molecule has 1 saturated heterocycles. The number of rotatable bonds is 4. The van der Waals surface area contributed by atoms with Crippen molar-refractivity contribution < 1.29 is 9.53 Å². The molecule has 0 radical (unpaired) electrons. The third-order valence-corrected chi connectivity index (χ3v) is 4.80. The first-order valence-corrected chi connectivity index (χ1v) is 8.98. The normalized spacial score (nSPS) is 14.5. The molecule has 2 aromatic carbocycles. The van der Waals surface area contributed by atoms with E-state index < -0.39 is 0 Å². The number of aryl methyl sites for hydroxylation is 1. The van der Waals surface area contributed by atoms with E-state index in [2.05, 4.69) is 24.0 Å². The highest BCUT2D eigenvalue weighted by molar-refractivity contribution is 6.30. The van der Waals surface area contributed by atoms with Crippen molar-refractivity contribution in [1.82, 2.24) is 4.90 Å². The van der Waals surface area contributed by atoms with Crippen LogP contribution in [0.3, 0.4) is 0 Å². The summed E-state index contributed by atoms with van der Waals surface area (Å²) in [5.41, 5.74) is 3.55. The molecule has 25 heavy (non-hydrogen) atoms. The van der Waals surface area contributed by atoms with Crippen LogP contribution in [0.5, 0.6) is 0 Å². The number of piperazine rings is 1. The van der Waals surface area contributed by atoms with Gasteiger partial charge in [-0.2, -0.15) is 0 Å². The smallest absolute Gasteiger partial charge is 0.409 e. The summed E-state index contributed by atoms with van der Waals surface area (Å²) >= 11 is 6.05. The largest absolute Gasteiger partial charge is 0.449 e. The maximum Gasteiger partial charge on any atom is 0.409 e. The number of hydrogen-bond donors (Lipinski definition) is 0. The predicted octanol–water partition coefficient (Wildman–Crippen LogP) is 4.15. The Hall–Kier alpha value is -2.20. The van der Waals surface area contributed by atoms with Crippen molar-refractivity contribution in [2.24, 2.45) is 0 Å². The van der Waals surface area contributed by atoms with Gasteiger partial charge in [0.15, 0.2) is 0 Å². The van der Waals surface area contributed by atoms with Crippen molar-refractivity contribution in [3.8, 4) is 0 Å². The Bertz CT molecular complexity index is 727. The summed E-state index contributed by atoms with van der Waals surface area (Å²) in [5, 5.41) is 0.732. The molecule has 1 fully saturated rings. The van der Waals surface area contributed by atoms with Gasteiger partial charge >= 0.3 is 6.09 Å². The van der Waals surface area contributed by atoms with Gasteiger partial charge in [0.2, 0.25) is 0 Å². The van der Waals surface area contributed by atoms with E-state index in [1.54, 1.807) is 4.90 Å². The van der Waals surface area contributed by atoms with Gasteiger partial charge in [0.05, 0.1) is 6.61 Å². The van der Waals surface area contributed by atoms with E-state index in [9.17, 15) is 4.79 Å². The van der Waals surface area contributed by atoms with E-state index in [-0.39, 0.29) is 6.09 Å². The Morgan fingerprint density at radius 3 is 2.56 bits per heavy atom. The Morgan fingerprint density at radius 2 is 1.84 bits per heavy atom. The second-order valence-corrected chi connectivity index (χ2v) is 6.68. The number of benzene rings is 2. The van der Waals surface area contributed by atoms with Crippen molar-refractivity contribution in [3.63, 3.8) is 0 Å². The van der Waals surface area contributed by atoms with Crippen LogP contribution in [0.2, 0.25) is 5.02 Å². The van der Waals surface area contributed by atoms with Gasteiger partial charge in [-0.25, -0.2) is 4.79 Å². The minimum Gasteiger partial charge on any atom is -0.449 e. The monoisotopic (exact) mass is 358 g/mol. The molecule has 0 N–H and O–H groups in total. The minimum atomic E-state index is -0.223. The van der Waals surface area contributed by atoms with E-state index in [4.69, 9.17) is 16.3 Å². The number of amides is 1. The first-order chi connectivity index (χ1) is 12.1. The van der Waals surface area contributed by atoms with Crippen LogP contribution in [-0.4, -0.2) is 43.8 Å². The molecule has 1 aliphatic heterocycles. The van der Waals surface area contributed by atoms with Crippen molar-refractivity contribution in [2.75, 3.05) is 37.7 Å². The fourth-order valence-corrected chi connectivity index (χ4v) is 3.23. The van der Waals surface area contributed by atoms with Crippen LogP contribution in [0.1, 0.15) is 11.1 Å². The summed E-state index contributed by atoms with van der Waals surface area (Å²) in [6.07, 6.45) is 0.528. The molecule has 0 spiro atoms. The highest BCUT2D eigenvalue weighted by atomic mass is 35.5. The molecule has 0 aromatic heterocycles. The average molecular weight is 359 g/mol. The zero-order chi connectivity index (χ0) is 17.6. The number of halogens is 1. The molecule has 1 aliphatic rings. The highest BCUT2D eigenvalue weighted by Crippen LogP contribution is 2.21. The standard InChI is InChI=1S/C20H23ClN2O2/c1-16-5-2-3-6-17(16)9-14-25-20(24)23-12-10-22(11-13-23)19-8-4-7-18(21)15-19/h2-8,15H,9-14H2,1H3. The fourth-order valence-electron chi connectivity index (χ4n) is 3.05. The Kier molecular flexibility index (Phi) is 5.82. The third-order valence-electron chi connectivity index (χ3n) is 4.57. The zero-order valence-corrected chi connectivity index (χ0v) is 15.2. The first kappa shape index (κ1) is 17.6. The molecule has 3 rings (SSSR count). The summed E-state index contributed by atoms with van der Waals surface area (Å²) in [6, 6.07) is 16.0. The van der Waals surface area contributed by atoms with E-state index >= 15 is 0 Å². The molecule has 0 atom stereocenters. The Morgan fingerprint density at radius 1 is 1.08 bits per heavy atom. The van der Waals surface area contributed by atoms with E-state index in [1.807, 2.05) is 36.4 Å². The third kappa shape index (κ3) is 4.67. The SMILES string of the molecule is Cc1ccccc1CCOC(=O)N1CCN(c2cccc(Cl)c2)CC1. The van der Waals surface area contributed by atoms with Crippen LogP contribution in [0.15, 0.2) is 48.5 Å². The summed E-state index contributed by atoms with van der Waals surface area (Å²) in [7, 11) is 0. The second-order valence-electron chi connectivity index (χ2n) is 6.24. The first-order valence-electron chi connectivity index (χ1n) is 8.60. The molecule has 1 heterocycles.